The number of hydrogen-bond acceptors (Lipinski definition) is 5. The van der Waals surface area contributed by atoms with Gasteiger partial charge in [0.25, 0.3) is 5.91 Å². The van der Waals surface area contributed by atoms with Gasteiger partial charge in [0.1, 0.15) is 29.3 Å². The lowest BCUT2D eigenvalue weighted by Crippen LogP contribution is -2.28. The molecule has 0 aliphatic carbocycles. The summed E-state index contributed by atoms with van der Waals surface area (Å²) < 4.78 is 46.9. The van der Waals surface area contributed by atoms with Crippen molar-refractivity contribution < 1.29 is 27.2 Å². The van der Waals surface area contributed by atoms with Crippen LogP contribution in [0, 0.1) is 17.5 Å². The number of aldehydes is 1. The monoisotopic (exact) mass is 495 g/mol. The summed E-state index contributed by atoms with van der Waals surface area (Å²) in [7, 11) is 1.78. The van der Waals surface area contributed by atoms with E-state index in [-0.39, 0.29) is 12.1 Å². The highest BCUT2D eigenvalue weighted by Gasteiger charge is 2.26. The standard InChI is InChI=1S/C27H24F3N3O3/c1-27(2,15-34)19-9-8-16(26(35)31-13-18-20(29)11-17(28)12-21(18)30)10-23(19)33(3)14-25-32-22-6-4-5-7-24(22)36-25/h4-12,15H,13-14H2,1-3H3,(H,31,35). The van der Waals surface area contributed by atoms with Crippen LogP contribution in [0.15, 0.2) is 59.0 Å². The number of amides is 1. The van der Waals surface area contributed by atoms with Crippen LogP contribution in [0.1, 0.15) is 41.2 Å². The zero-order valence-electron chi connectivity index (χ0n) is 19.9. The summed E-state index contributed by atoms with van der Waals surface area (Å²) >= 11 is 0. The van der Waals surface area contributed by atoms with Crippen LogP contribution in [0.5, 0.6) is 0 Å². The van der Waals surface area contributed by atoms with Gasteiger partial charge in [-0.25, -0.2) is 18.2 Å². The second-order valence-electron chi connectivity index (χ2n) is 9.03. The van der Waals surface area contributed by atoms with Crippen molar-refractivity contribution in [2.75, 3.05) is 11.9 Å². The fraction of sp³-hybridized carbons (Fsp3) is 0.222. The average Bonchev–Trinajstić information content (AvgIpc) is 3.25. The van der Waals surface area contributed by atoms with Gasteiger partial charge in [0.2, 0.25) is 5.89 Å². The molecule has 0 saturated carbocycles. The average molecular weight is 496 g/mol. The molecule has 0 radical (unpaired) electrons. The molecular weight excluding hydrogens is 471 g/mol. The molecule has 0 atom stereocenters. The third kappa shape index (κ3) is 5.10. The Balaban J connectivity index is 1.62. The van der Waals surface area contributed by atoms with E-state index in [1.807, 2.05) is 24.3 Å². The first-order valence-corrected chi connectivity index (χ1v) is 11.2. The number of carbonyl (C=O) groups is 2. The molecule has 1 amide bonds. The van der Waals surface area contributed by atoms with Gasteiger partial charge >= 0.3 is 0 Å². The molecule has 3 aromatic carbocycles. The predicted molar refractivity (Wildman–Crippen MR) is 129 cm³/mol. The number of benzene rings is 3. The SMILES string of the molecule is CN(Cc1nc2ccccc2o1)c1cc(C(=O)NCc2c(F)cc(F)cc2F)ccc1C(C)(C)C=O. The maximum atomic E-state index is 14.0. The van der Waals surface area contributed by atoms with E-state index in [4.69, 9.17) is 4.42 Å². The quantitative estimate of drug-likeness (QED) is 0.336. The van der Waals surface area contributed by atoms with Crippen LogP contribution in [-0.4, -0.2) is 24.2 Å². The molecule has 0 unspecified atom stereocenters. The van der Waals surface area contributed by atoms with Crippen molar-refractivity contribution in [2.24, 2.45) is 0 Å². The van der Waals surface area contributed by atoms with Crippen molar-refractivity contribution in [1.82, 2.24) is 10.3 Å². The van der Waals surface area contributed by atoms with E-state index in [9.17, 15) is 22.8 Å². The largest absolute Gasteiger partial charge is 0.439 e. The zero-order valence-corrected chi connectivity index (χ0v) is 19.9. The highest BCUT2D eigenvalue weighted by atomic mass is 19.1. The maximum absolute atomic E-state index is 14.0. The Morgan fingerprint density at radius 2 is 1.78 bits per heavy atom. The van der Waals surface area contributed by atoms with Crippen LogP contribution >= 0.6 is 0 Å². The summed E-state index contributed by atoms with van der Waals surface area (Å²) in [6, 6.07) is 13.2. The van der Waals surface area contributed by atoms with Crippen molar-refractivity contribution in [2.45, 2.75) is 32.4 Å². The van der Waals surface area contributed by atoms with Crippen molar-refractivity contribution in [1.29, 1.82) is 0 Å². The van der Waals surface area contributed by atoms with Crippen LogP contribution in [0.2, 0.25) is 0 Å². The van der Waals surface area contributed by atoms with Crippen molar-refractivity contribution in [3.63, 3.8) is 0 Å². The number of anilines is 1. The topological polar surface area (TPSA) is 75.4 Å². The minimum absolute atomic E-state index is 0.211. The fourth-order valence-electron chi connectivity index (χ4n) is 3.88. The minimum Gasteiger partial charge on any atom is -0.439 e. The molecule has 0 fully saturated rings. The fourth-order valence-corrected chi connectivity index (χ4v) is 3.88. The molecule has 1 N–H and O–H groups in total. The number of hydrogen-bond donors (Lipinski definition) is 1. The third-order valence-electron chi connectivity index (χ3n) is 5.90. The highest BCUT2D eigenvalue weighted by molar-refractivity contribution is 5.95. The predicted octanol–water partition coefficient (Wildman–Crippen LogP) is 5.29. The van der Waals surface area contributed by atoms with Gasteiger partial charge in [-0.05, 0) is 43.7 Å². The molecule has 4 aromatic rings. The minimum atomic E-state index is -1.09. The summed E-state index contributed by atoms with van der Waals surface area (Å²) in [4.78, 5) is 30.9. The molecule has 36 heavy (non-hydrogen) atoms. The van der Waals surface area contributed by atoms with Gasteiger partial charge in [0, 0.05) is 48.0 Å². The Bertz CT molecular complexity index is 1390. The van der Waals surface area contributed by atoms with Gasteiger partial charge in [-0.15, -0.1) is 0 Å². The number of rotatable bonds is 8. The van der Waals surface area contributed by atoms with Crippen LogP contribution in [0.3, 0.4) is 0 Å². The molecule has 4 rings (SSSR count). The van der Waals surface area contributed by atoms with E-state index < -0.39 is 40.9 Å². The molecule has 0 bridgehead atoms. The molecule has 1 heterocycles. The lowest BCUT2D eigenvalue weighted by atomic mass is 9.84. The number of halogens is 3. The van der Waals surface area contributed by atoms with E-state index in [1.165, 1.54) is 6.07 Å². The van der Waals surface area contributed by atoms with Gasteiger partial charge in [-0.1, -0.05) is 18.2 Å². The van der Waals surface area contributed by atoms with E-state index in [0.717, 1.165) is 6.29 Å². The van der Waals surface area contributed by atoms with Gasteiger partial charge in [-0.3, -0.25) is 4.79 Å². The summed E-state index contributed by atoms with van der Waals surface area (Å²) in [5.74, 6) is -3.36. The first-order chi connectivity index (χ1) is 17.1. The number of nitrogens with zero attached hydrogens (tertiary/aromatic N) is 2. The van der Waals surface area contributed by atoms with Crippen molar-refractivity contribution >= 4 is 29.0 Å². The molecule has 0 spiro atoms. The molecule has 0 aliphatic rings. The second kappa shape index (κ2) is 9.85. The molecule has 1 aromatic heterocycles. The molecule has 0 saturated heterocycles. The van der Waals surface area contributed by atoms with E-state index in [2.05, 4.69) is 10.3 Å². The third-order valence-corrected chi connectivity index (χ3v) is 5.90. The van der Waals surface area contributed by atoms with Crippen LogP contribution in [-0.2, 0) is 23.3 Å². The summed E-state index contributed by atoms with van der Waals surface area (Å²) in [5.41, 5.74) is 1.51. The summed E-state index contributed by atoms with van der Waals surface area (Å²) in [6.07, 6.45) is 0.818. The lowest BCUT2D eigenvalue weighted by molar-refractivity contribution is -0.111. The highest BCUT2D eigenvalue weighted by Crippen LogP contribution is 2.33. The van der Waals surface area contributed by atoms with E-state index in [0.29, 0.717) is 40.4 Å². The van der Waals surface area contributed by atoms with Crippen LogP contribution < -0.4 is 10.2 Å². The van der Waals surface area contributed by atoms with Gasteiger partial charge in [-0.2, -0.15) is 0 Å². The maximum Gasteiger partial charge on any atom is 0.251 e. The van der Waals surface area contributed by atoms with Crippen LogP contribution in [0.25, 0.3) is 11.1 Å². The number of carbonyl (C=O) groups excluding carboxylic acids is 2. The normalized spacial score (nSPS) is 11.5. The van der Waals surface area contributed by atoms with Gasteiger partial charge < -0.3 is 19.4 Å². The van der Waals surface area contributed by atoms with Crippen LogP contribution in [0.4, 0.5) is 18.9 Å². The number of nitrogens with one attached hydrogen (secondary N) is 1. The van der Waals surface area contributed by atoms with Crippen molar-refractivity contribution in [3.8, 4) is 0 Å². The first-order valence-electron chi connectivity index (χ1n) is 11.2. The van der Waals surface area contributed by atoms with Crippen molar-refractivity contribution in [3.05, 3.63) is 94.6 Å². The Kier molecular flexibility index (Phi) is 6.83. The molecule has 0 aliphatic heterocycles. The molecule has 9 heteroatoms. The van der Waals surface area contributed by atoms with Gasteiger partial charge in [0.05, 0.1) is 6.54 Å². The van der Waals surface area contributed by atoms with Gasteiger partial charge in [0.15, 0.2) is 5.58 Å². The number of oxazole rings is 1. The lowest BCUT2D eigenvalue weighted by Gasteiger charge is -2.28. The Hall–Kier alpha value is -4.14. The Morgan fingerprint density at radius 3 is 2.44 bits per heavy atom. The first kappa shape index (κ1) is 25.0. The molecular formula is C27H24F3N3O3. The number of para-hydroxylation sites is 2. The van der Waals surface area contributed by atoms with E-state index in [1.54, 1.807) is 37.9 Å². The smallest absolute Gasteiger partial charge is 0.251 e. The Morgan fingerprint density at radius 1 is 1.08 bits per heavy atom. The second-order valence-corrected chi connectivity index (χ2v) is 9.03. The zero-order chi connectivity index (χ0) is 26.0. The number of aromatic nitrogens is 1. The number of fused-ring (bicyclic) bond motifs is 1. The van der Waals surface area contributed by atoms with E-state index >= 15 is 0 Å². The Labute approximate surface area is 205 Å². The summed E-state index contributed by atoms with van der Waals surface area (Å²) in [6.45, 7) is 3.30. The molecule has 186 valence electrons. The summed E-state index contributed by atoms with van der Waals surface area (Å²) in [5, 5.41) is 2.46. The molecule has 6 nitrogen and oxygen atoms in total.